The number of nitrogens with zero attached hydrogens (tertiary/aromatic N) is 5. The van der Waals surface area contributed by atoms with Crippen LogP contribution < -0.4 is 11.1 Å². The van der Waals surface area contributed by atoms with Gasteiger partial charge in [-0.3, -0.25) is 9.48 Å². The molecule has 1 aliphatic carbocycles. The van der Waals surface area contributed by atoms with Crippen molar-refractivity contribution >= 4 is 28.9 Å². The Morgan fingerprint density at radius 1 is 1.24 bits per heavy atom. The molecule has 37 heavy (non-hydrogen) atoms. The molecular formula is C26H26FN7O2S. The van der Waals surface area contributed by atoms with E-state index in [2.05, 4.69) is 16.5 Å². The van der Waals surface area contributed by atoms with Crippen molar-refractivity contribution in [1.82, 2.24) is 24.7 Å². The number of halogens is 1. The topological polar surface area (TPSA) is 134 Å². The zero-order valence-electron chi connectivity index (χ0n) is 20.2. The van der Waals surface area contributed by atoms with Gasteiger partial charge in [-0.05, 0) is 56.9 Å². The van der Waals surface area contributed by atoms with Crippen LogP contribution in [0.3, 0.4) is 0 Å². The number of pyridine rings is 1. The highest BCUT2D eigenvalue weighted by Crippen LogP contribution is 2.39. The molecule has 0 atom stereocenters. The molecule has 9 nitrogen and oxygen atoms in total. The van der Waals surface area contributed by atoms with E-state index < -0.39 is 12.4 Å². The number of anilines is 1. The number of benzene rings is 1. The fraction of sp³-hybridized carbons (Fsp3) is 0.308. The summed E-state index contributed by atoms with van der Waals surface area (Å²) in [6, 6.07) is 8.50. The van der Waals surface area contributed by atoms with Gasteiger partial charge in [-0.25, -0.2) is 8.91 Å². The third-order valence-electron chi connectivity index (χ3n) is 6.79. The zero-order chi connectivity index (χ0) is 26.1. The molecule has 1 saturated carbocycles. The number of aliphatic hydroxyl groups is 1. The molecule has 1 amide bonds. The maximum Gasteiger partial charge on any atom is 0.245 e. The Kier molecular flexibility index (Phi) is 6.86. The molecule has 3 heterocycles. The van der Waals surface area contributed by atoms with Crippen LogP contribution in [0.4, 0.5) is 10.1 Å². The second kappa shape index (κ2) is 10.2. The molecule has 0 unspecified atom stereocenters. The summed E-state index contributed by atoms with van der Waals surface area (Å²) in [4.78, 5) is 12.9. The number of nitriles is 1. The van der Waals surface area contributed by atoms with Gasteiger partial charge in [0.2, 0.25) is 5.91 Å². The van der Waals surface area contributed by atoms with Crippen molar-refractivity contribution < 1.29 is 14.3 Å². The third-order valence-corrected chi connectivity index (χ3v) is 7.90. The highest BCUT2D eigenvalue weighted by Gasteiger charge is 2.26. The minimum atomic E-state index is -0.493. The van der Waals surface area contributed by atoms with Crippen molar-refractivity contribution in [3.8, 4) is 17.2 Å². The van der Waals surface area contributed by atoms with Crippen molar-refractivity contribution in [3.63, 3.8) is 0 Å². The van der Waals surface area contributed by atoms with Gasteiger partial charge >= 0.3 is 0 Å². The smallest absolute Gasteiger partial charge is 0.245 e. The third kappa shape index (κ3) is 4.90. The van der Waals surface area contributed by atoms with E-state index in [1.165, 1.54) is 23.9 Å². The summed E-state index contributed by atoms with van der Waals surface area (Å²) in [6.07, 6.45) is 8.72. The molecule has 5 rings (SSSR count). The number of hydrogen-bond acceptors (Lipinski definition) is 7. The lowest BCUT2D eigenvalue weighted by Gasteiger charge is -2.30. The van der Waals surface area contributed by atoms with Gasteiger partial charge in [0.25, 0.3) is 0 Å². The average Bonchev–Trinajstić information content (AvgIpc) is 3.47. The van der Waals surface area contributed by atoms with Crippen LogP contribution in [0.25, 0.3) is 16.6 Å². The van der Waals surface area contributed by atoms with Crippen LogP contribution in [0, 0.1) is 24.1 Å². The van der Waals surface area contributed by atoms with Gasteiger partial charge in [0.1, 0.15) is 24.0 Å². The monoisotopic (exact) mass is 519 g/mol. The Morgan fingerprint density at radius 3 is 2.76 bits per heavy atom. The summed E-state index contributed by atoms with van der Waals surface area (Å²) >= 11 is 1.34. The number of amides is 1. The van der Waals surface area contributed by atoms with Crippen LogP contribution in [-0.4, -0.2) is 43.1 Å². The Bertz CT molecular complexity index is 1520. The molecule has 0 spiro atoms. The van der Waals surface area contributed by atoms with Gasteiger partial charge < -0.3 is 16.2 Å². The maximum absolute atomic E-state index is 13.7. The van der Waals surface area contributed by atoms with Crippen LogP contribution in [-0.2, 0) is 4.79 Å². The molecule has 0 aliphatic heterocycles. The number of aliphatic hydroxyl groups excluding tert-OH is 1. The number of nitrogens with one attached hydrogen (secondary N) is 1. The number of aromatic nitrogens is 4. The second-order valence-corrected chi connectivity index (χ2v) is 10.2. The second-order valence-electron chi connectivity index (χ2n) is 9.16. The van der Waals surface area contributed by atoms with E-state index >= 15 is 0 Å². The first kappa shape index (κ1) is 24.8. The van der Waals surface area contributed by atoms with E-state index in [1.54, 1.807) is 16.8 Å². The predicted octanol–water partition coefficient (Wildman–Crippen LogP) is 3.84. The highest BCUT2D eigenvalue weighted by molar-refractivity contribution is 7.99. The average molecular weight is 520 g/mol. The molecule has 1 aromatic carbocycles. The number of rotatable bonds is 6. The van der Waals surface area contributed by atoms with Crippen LogP contribution in [0.1, 0.15) is 43.0 Å². The Morgan fingerprint density at radius 2 is 2.03 bits per heavy atom. The van der Waals surface area contributed by atoms with Crippen LogP contribution in [0.5, 0.6) is 0 Å². The number of carbonyl (C=O) groups is 1. The summed E-state index contributed by atoms with van der Waals surface area (Å²) in [5, 5.41) is 30.4. The van der Waals surface area contributed by atoms with E-state index in [0.29, 0.717) is 10.6 Å². The van der Waals surface area contributed by atoms with Crippen molar-refractivity contribution in [2.45, 2.75) is 54.5 Å². The van der Waals surface area contributed by atoms with Gasteiger partial charge in [0, 0.05) is 38.9 Å². The minimum absolute atomic E-state index is 0.0725. The number of nitrogens with two attached hydrogens (primary N) is 1. The first-order chi connectivity index (χ1) is 17.9. The lowest BCUT2D eigenvalue weighted by Crippen LogP contribution is -2.39. The summed E-state index contributed by atoms with van der Waals surface area (Å²) in [7, 11) is 0. The quantitative estimate of drug-likeness (QED) is 0.352. The molecule has 3 aromatic heterocycles. The van der Waals surface area contributed by atoms with Crippen molar-refractivity contribution in [3.05, 3.63) is 59.9 Å². The molecule has 1 fully saturated rings. The van der Waals surface area contributed by atoms with E-state index in [0.717, 1.165) is 52.9 Å². The summed E-state index contributed by atoms with van der Waals surface area (Å²) in [5.74, 6) is -0.802. The SMILES string of the molecule is Cc1c(-c2cc(Sc3ccc(F)cc3C#N)c3c(N)cnn3c2)cnn1[C@H]1CC[C@H](NC(=O)CO)CC1. The first-order valence-electron chi connectivity index (χ1n) is 12.0. The molecule has 0 saturated heterocycles. The molecule has 4 aromatic rings. The predicted molar refractivity (Wildman–Crippen MR) is 137 cm³/mol. The van der Waals surface area contributed by atoms with Crippen LogP contribution in [0.2, 0.25) is 0 Å². The lowest BCUT2D eigenvalue weighted by molar-refractivity contribution is -0.124. The largest absolute Gasteiger partial charge is 0.396 e. The first-order valence-corrected chi connectivity index (χ1v) is 12.8. The molecule has 190 valence electrons. The van der Waals surface area contributed by atoms with Crippen LogP contribution in [0.15, 0.2) is 52.6 Å². The van der Waals surface area contributed by atoms with Gasteiger partial charge in [-0.1, -0.05) is 11.8 Å². The summed E-state index contributed by atoms with van der Waals surface area (Å²) in [6.45, 7) is 1.54. The van der Waals surface area contributed by atoms with Crippen molar-refractivity contribution in [2.75, 3.05) is 12.3 Å². The Labute approximate surface area is 217 Å². The van der Waals surface area contributed by atoms with E-state index in [9.17, 15) is 14.4 Å². The van der Waals surface area contributed by atoms with E-state index in [-0.39, 0.29) is 23.6 Å². The van der Waals surface area contributed by atoms with Crippen LogP contribution >= 0.6 is 11.8 Å². The molecule has 1 aliphatic rings. The number of carbonyl (C=O) groups excluding carboxylic acids is 1. The van der Waals surface area contributed by atoms with E-state index in [1.807, 2.05) is 30.1 Å². The Hall–Kier alpha value is -3.88. The zero-order valence-corrected chi connectivity index (χ0v) is 21.0. The molecule has 0 bridgehead atoms. The summed E-state index contributed by atoms with van der Waals surface area (Å²) in [5.41, 5.74) is 10.6. The number of hydrogen-bond donors (Lipinski definition) is 3. The standard InChI is InChI=1S/C26H26FN7O2S/c1-15-21(11-31-34(15)20-5-3-19(4-6-20)32-25(36)14-35)17-9-24(26-22(29)12-30-33(26)13-17)37-23-7-2-18(27)8-16(23)10-28/h2,7-9,11-13,19-20,35H,3-6,14,29H2,1H3,(H,32,36)/t19-,20-. The van der Waals surface area contributed by atoms with Gasteiger partial charge in [-0.2, -0.15) is 15.5 Å². The Balaban J connectivity index is 1.45. The van der Waals surface area contributed by atoms with E-state index in [4.69, 9.17) is 15.9 Å². The number of nitrogen functional groups attached to an aromatic ring is 1. The molecule has 4 N–H and O–H groups in total. The number of fused-ring (bicyclic) bond motifs is 1. The highest BCUT2D eigenvalue weighted by atomic mass is 32.2. The van der Waals surface area contributed by atoms with Gasteiger partial charge in [0.15, 0.2) is 0 Å². The van der Waals surface area contributed by atoms with Crippen molar-refractivity contribution in [1.29, 1.82) is 5.26 Å². The fourth-order valence-electron chi connectivity index (χ4n) is 4.94. The minimum Gasteiger partial charge on any atom is -0.396 e. The fourth-order valence-corrected chi connectivity index (χ4v) is 6.02. The van der Waals surface area contributed by atoms with Gasteiger partial charge in [-0.15, -0.1) is 0 Å². The molecule has 0 radical (unpaired) electrons. The lowest BCUT2D eigenvalue weighted by atomic mass is 9.91. The summed E-state index contributed by atoms with van der Waals surface area (Å²) < 4.78 is 17.4. The van der Waals surface area contributed by atoms with Gasteiger partial charge in [0.05, 0.1) is 29.7 Å². The van der Waals surface area contributed by atoms with Crippen molar-refractivity contribution in [2.24, 2.45) is 0 Å². The molecular weight excluding hydrogens is 493 g/mol. The normalized spacial score (nSPS) is 17.6. The molecule has 11 heteroatoms. The maximum atomic E-state index is 13.7.